The summed E-state index contributed by atoms with van der Waals surface area (Å²) in [5.41, 5.74) is 0.505. The number of halogens is 1. The number of methoxy groups -OCH3 is 1. The number of nitrogens with one attached hydrogen (secondary N) is 3. The van der Waals surface area contributed by atoms with E-state index in [4.69, 9.17) is 25.8 Å². The number of benzene rings is 3. The van der Waals surface area contributed by atoms with Crippen molar-refractivity contribution in [2.75, 3.05) is 13.7 Å². The Hall–Kier alpha value is -4.77. The Kier molecular flexibility index (Phi) is 12.2. The predicted octanol–water partition coefficient (Wildman–Crippen LogP) is 4.77. The maximum Gasteiger partial charge on any atom is 0.408 e. The zero-order valence-electron chi connectivity index (χ0n) is 25.8. The molecule has 3 amide bonds. The molecule has 0 saturated heterocycles. The summed E-state index contributed by atoms with van der Waals surface area (Å²) in [6, 6.07) is 15.6. The molecular formula is C33H38ClN3O8. The smallest absolute Gasteiger partial charge is 0.408 e. The van der Waals surface area contributed by atoms with E-state index in [1.54, 1.807) is 82.3 Å². The molecule has 0 aliphatic carbocycles. The van der Waals surface area contributed by atoms with Gasteiger partial charge in [-0.25, -0.2) is 9.59 Å². The minimum absolute atomic E-state index is 0.0366. The molecule has 0 aliphatic rings. The SMILES string of the molecule is CCOC(=O)[C@H](NC(=O)[C@@H](NC(=O)[C@@H](Cc1ccc(Cl)cc1)NC(=O)OC(C)(C)C)c1ccccc1)c1ccc(OC)c(O)c1. The lowest BCUT2D eigenvalue weighted by molar-refractivity contribution is -0.148. The van der Waals surface area contributed by atoms with Gasteiger partial charge in [0.15, 0.2) is 17.5 Å². The quantitative estimate of drug-likeness (QED) is 0.207. The third kappa shape index (κ3) is 10.4. The summed E-state index contributed by atoms with van der Waals surface area (Å²) < 4.78 is 15.7. The maximum absolute atomic E-state index is 13.9. The summed E-state index contributed by atoms with van der Waals surface area (Å²) >= 11 is 6.02. The van der Waals surface area contributed by atoms with Gasteiger partial charge in [0, 0.05) is 11.4 Å². The first kappa shape index (κ1) is 34.7. The molecule has 0 spiro atoms. The van der Waals surface area contributed by atoms with Gasteiger partial charge in [-0.3, -0.25) is 9.59 Å². The second-order valence-electron chi connectivity index (χ2n) is 11.0. The summed E-state index contributed by atoms with van der Waals surface area (Å²) in [4.78, 5) is 53.4. The third-order valence-electron chi connectivity index (χ3n) is 6.39. The number of hydrogen-bond acceptors (Lipinski definition) is 8. The average Bonchev–Trinajstić information content (AvgIpc) is 2.98. The summed E-state index contributed by atoms with van der Waals surface area (Å²) in [7, 11) is 1.38. The van der Waals surface area contributed by atoms with Crippen LogP contribution < -0.4 is 20.7 Å². The molecule has 3 aromatic carbocycles. The molecule has 0 unspecified atom stereocenters. The van der Waals surface area contributed by atoms with Crippen molar-refractivity contribution in [3.8, 4) is 11.5 Å². The van der Waals surface area contributed by atoms with Crippen LogP contribution in [-0.4, -0.2) is 54.3 Å². The van der Waals surface area contributed by atoms with Crippen molar-refractivity contribution in [2.45, 2.75) is 57.8 Å². The minimum Gasteiger partial charge on any atom is -0.504 e. The van der Waals surface area contributed by atoms with Gasteiger partial charge in [-0.1, -0.05) is 60.1 Å². The Bertz CT molecular complexity index is 1480. The normalized spacial score (nSPS) is 13.0. The highest BCUT2D eigenvalue weighted by atomic mass is 35.5. The predicted molar refractivity (Wildman–Crippen MR) is 168 cm³/mol. The molecule has 45 heavy (non-hydrogen) atoms. The molecule has 3 rings (SSSR count). The van der Waals surface area contributed by atoms with E-state index in [0.717, 1.165) is 0 Å². The van der Waals surface area contributed by atoms with Crippen molar-refractivity contribution < 1.29 is 38.5 Å². The van der Waals surface area contributed by atoms with Gasteiger partial charge in [0.1, 0.15) is 17.7 Å². The first-order valence-electron chi connectivity index (χ1n) is 14.2. The number of rotatable bonds is 12. The molecule has 240 valence electrons. The lowest BCUT2D eigenvalue weighted by atomic mass is 10.0. The number of esters is 1. The number of amides is 3. The minimum atomic E-state index is -1.33. The third-order valence-corrected chi connectivity index (χ3v) is 6.64. The lowest BCUT2D eigenvalue weighted by Crippen LogP contribution is -2.52. The number of carbonyl (C=O) groups is 4. The lowest BCUT2D eigenvalue weighted by Gasteiger charge is -2.26. The van der Waals surface area contributed by atoms with E-state index in [-0.39, 0.29) is 30.1 Å². The molecule has 0 heterocycles. The average molecular weight is 640 g/mol. The molecular weight excluding hydrogens is 602 g/mol. The van der Waals surface area contributed by atoms with E-state index in [1.807, 2.05) is 0 Å². The van der Waals surface area contributed by atoms with Crippen LogP contribution in [0.4, 0.5) is 4.79 Å². The Labute approximate surface area is 267 Å². The van der Waals surface area contributed by atoms with Crippen molar-refractivity contribution >= 4 is 35.5 Å². The maximum atomic E-state index is 13.9. The fourth-order valence-corrected chi connectivity index (χ4v) is 4.45. The fourth-order valence-electron chi connectivity index (χ4n) is 4.32. The van der Waals surface area contributed by atoms with Gasteiger partial charge >= 0.3 is 12.1 Å². The van der Waals surface area contributed by atoms with Crippen molar-refractivity contribution in [2.24, 2.45) is 0 Å². The van der Waals surface area contributed by atoms with Gasteiger partial charge in [-0.2, -0.15) is 0 Å². The van der Waals surface area contributed by atoms with Gasteiger partial charge in [0.2, 0.25) is 11.8 Å². The molecule has 0 fully saturated rings. The van der Waals surface area contributed by atoms with Gasteiger partial charge in [-0.15, -0.1) is 0 Å². The van der Waals surface area contributed by atoms with Crippen LogP contribution in [0, 0.1) is 0 Å². The van der Waals surface area contributed by atoms with E-state index < -0.39 is 47.6 Å². The molecule has 0 saturated carbocycles. The van der Waals surface area contributed by atoms with E-state index >= 15 is 0 Å². The highest BCUT2D eigenvalue weighted by Crippen LogP contribution is 2.30. The van der Waals surface area contributed by atoms with Gasteiger partial charge in [0.25, 0.3) is 0 Å². The molecule has 11 nitrogen and oxygen atoms in total. The first-order chi connectivity index (χ1) is 21.3. The number of alkyl carbamates (subject to hydrolysis) is 1. The second kappa shape index (κ2) is 15.8. The Balaban J connectivity index is 1.94. The Morgan fingerprint density at radius 1 is 0.844 bits per heavy atom. The standard InChI is InChI=1S/C33H38ClN3O8/c1-6-44-31(41)28(22-14-17-26(43-5)25(38)19-22)37-30(40)27(21-10-8-7-9-11-21)36-29(39)24(35-32(42)45-33(2,3)4)18-20-12-15-23(34)16-13-20/h7-17,19,24,27-28,38H,6,18H2,1-5H3,(H,35,42)(H,36,39)(H,37,40)/t24-,27+,28-/m1/s1. The van der Waals surface area contributed by atoms with Crippen LogP contribution in [0.5, 0.6) is 11.5 Å². The zero-order chi connectivity index (χ0) is 33.1. The molecule has 0 aromatic heterocycles. The van der Waals surface area contributed by atoms with Crippen molar-refractivity contribution in [1.82, 2.24) is 16.0 Å². The van der Waals surface area contributed by atoms with Crippen LogP contribution in [0.1, 0.15) is 56.5 Å². The Morgan fingerprint density at radius 3 is 2.07 bits per heavy atom. The molecule has 3 atom stereocenters. The topological polar surface area (TPSA) is 152 Å². The number of phenols is 1. The molecule has 0 radical (unpaired) electrons. The largest absolute Gasteiger partial charge is 0.504 e. The number of ether oxygens (including phenoxy) is 3. The second-order valence-corrected chi connectivity index (χ2v) is 11.4. The van der Waals surface area contributed by atoms with Crippen LogP contribution in [0.3, 0.4) is 0 Å². The summed E-state index contributed by atoms with van der Waals surface area (Å²) in [5, 5.41) is 18.8. The zero-order valence-corrected chi connectivity index (χ0v) is 26.5. The van der Waals surface area contributed by atoms with Crippen LogP contribution >= 0.6 is 11.6 Å². The Morgan fingerprint density at radius 2 is 1.49 bits per heavy atom. The van der Waals surface area contributed by atoms with Crippen molar-refractivity contribution in [1.29, 1.82) is 0 Å². The van der Waals surface area contributed by atoms with Gasteiger partial charge in [0.05, 0.1) is 13.7 Å². The number of hydrogen-bond donors (Lipinski definition) is 4. The summed E-state index contributed by atoms with van der Waals surface area (Å²) in [6.45, 7) is 6.74. The first-order valence-corrected chi connectivity index (χ1v) is 14.6. The van der Waals surface area contributed by atoms with Crippen molar-refractivity contribution in [3.05, 3.63) is 94.5 Å². The highest BCUT2D eigenvalue weighted by molar-refractivity contribution is 6.30. The highest BCUT2D eigenvalue weighted by Gasteiger charge is 2.33. The van der Waals surface area contributed by atoms with Crippen LogP contribution in [0.25, 0.3) is 0 Å². The number of carbonyl (C=O) groups excluding carboxylic acids is 4. The molecule has 12 heteroatoms. The molecule has 4 N–H and O–H groups in total. The fraction of sp³-hybridized carbons (Fsp3) is 0.333. The number of aromatic hydroxyl groups is 1. The van der Waals surface area contributed by atoms with Crippen LogP contribution in [0.2, 0.25) is 5.02 Å². The van der Waals surface area contributed by atoms with E-state index in [1.165, 1.54) is 25.3 Å². The van der Waals surface area contributed by atoms with E-state index in [0.29, 0.717) is 16.1 Å². The molecule has 0 aliphatic heterocycles. The van der Waals surface area contributed by atoms with E-state index in [2.05, 4.69) is 16.0 Å². The summed E-state index contributed by atoms with van der Waals surface area (Å²) in [5.74, 6) is -2.28. The summed E-state index contributed by atoms with van der Waals surface area (Å²) in [6.07, 6.45) is -0.763. The monoisotopic (exact) mass is 639 g/mol. The van der Waals surface area contributed by atoms with Gasteiger partial charge in [-0.05, 0) is 68.7 Å². The van der Waals surface area contributed by atoms with Gasteiger partial charge < -0.3 is 35.3 Å². The van der Waals surface area contributed by atoms with Crippen LogP contribution in [0.15, 0.2) is 72.8 Å². The van der Waals surface area contributed by atoms with Crippen molar-refractivity contribution in [3.63, 3.8) is 0 Å². The van der Waals surface area contributed by atoms with E-state index in [9.17, 15) is 24.3 Å². The molecule has 0 bridgehead atoms. The number of phenolic OH excluding ortho intramolecular Hbond substituents is 1. The van der Waals surface area contributed by atoms with Crippen LogP contribution in [-0.2, 0) is 30.3 Å². The molecule has 3 aromatic rings.